The summed E-state index contributed by atoms with van der Waals surface area (Å²) in [4.78, 5) is 16.7. The highest BCUT2D eigenvalue weighted by Crippen LogP contribution is 2.40. The van der Waals surface area contributed by atoms with Crippen LogP contribution in [0.1, 0.15) is 25.3 Å². The molecule has 0 unspecified atom stereocenters. The van der Waals surface area contributed by atoms with Gasteiger partial charge in [-0.15, -0.1) is 0 Å². The third-order valence-corrected chi connectivity index (χ3v) is 7.29. The van der Waals surface area contributed by atoms with Crippen LogP contribution in [0, 0.1) is 12.8 Å². The minimum absolute atomic E-state index is 0.151. The number of rotatable bonds is 2. The molecular weight excluding hydrogens is 372 g/mol. The monoisotopic (exact) mass is 396 g/mol. The lowest BCUT2D eigenvalue weighted by Crippen LogP contribution is -2.41. The first-order valence-electron chi connectivity index (χ1n) is 9.59. The Kier molecular flexibility index (Phi) is 4.75. The molecule has 2 heterocycles. The van der Waals surface area contributed by atoms with E-state index in [-0.39, 0.29) is 9.80 Å². The van der Waals surface area contributed by atoms with Crippen molar-refractivity contribution in [3.8, 4) is 0 Å². The molecule has 0 bridgehead atoms. The van der Waals surface area contributed by atoms with Crippen molar-refractivity contribution >= 4 is 27.1 Å². The Hall–Kier alpha value is -2.60. The van der Waals surface area contributed by atoms with E-state index in [0.29, 0.717) is 24.7 Å². The molecule has 2 aromatic rings. The lowest BCUT2D eigenvalue weighted by Gasteiger charge is -2.33. The number of para-hydroxylation sites is 1. The minimum atomic E-state index is -3.87. The smallest absolute Gasteiger partial charge is 0.267 e. The molecule has 5 nitrogen and oxygen atoms in total. The van der Waals surface area contributed by atoms with Crippen LogP contribution in [0.2, 0.25) is 0 Å². The summed E-state index contributed by atoms with van der Waals surface area (Å²) in [5.74, 6) is 0.157. The Bertz CT molecular complexity index is 1050. The second-order valence-corrected chi connectivity index (χ2v) is 9.53. The maximum absolute atomic E-state index is 13.3. The van der Waals surface area contributed by atoms with Crippen LogP contribution in [0.3, 0.4) is 0 Å². The van der Waals surface area contributed by atoms with Gasteiger partial charge in [0.05, 0.1) is 10.6 Å². The quantitative estimate of drug-likeness (QED) is 0.769. The molecule has 0 aromatic heterocycles. The number of benzene rings is 2. The molecule has 4 rings (SSSR count). The molecule has 1 saturated heterocycles. The fourth-order valence-corrected chi connectivity index (χ4v) is 5.33. The predicted octanol–water partition coefficient (Wildman–Crippen LogP) is 4.02. The largest absolute Gasteiger partial charge is 0.338 e. The Labute approximate surface area is 166 Å². The highest BCUT2D eigenvalue weighted by molar-refractivity contribution is 7.96. The molecule has 0 N–H and O–H groups in total. The third kappa shape index (κ3) is 3.22. The van der Waals surface area contributed by atoms with Crippen molar-refractivity contribution in [1.29, 1.82) is 0 Å². The van der Waals surface area contributed by atoms with Gasteiger partial charge >= 0.3 is 0 Å². The zero-order valence-electron chi connectivity index (χ0n) is 16.1. The molecule has 28 heavy (non-hydrogen) atoms. The van der Waals surface area contributed by atoms with Crippen molar-refractivity contribution in [2.24, 2.45) is 5.92 Å². The van der Waals surface area contributed by atoms with Gasteiger partial charge in [0, 0.05) is 25.0 Å². The maximum Gasteiger partial charge on any atom is 0.267 e. The highest BCUT2D eigenvalue weighted by atomic mass is 32.2. The van der Waals surface area contributed by atoms with Crippen molar-refractivity contribution in [3.63, 3.8) is 0 Å². The molecule has 146 valence electrons. The first kappa shape index (κ1) is 18.7. The van der Waals surface area contributed by atoms with Crippen LogP contribution in [0.25, 0.3) is 0 Å². The Morgan fingerprint density at radius 3 is 2.46 bits per heavy atom. The summed E-state index contributed by atoms with van der Waals surface area (Å²) in [6.45, 7) is 5.34. The number of anilines is 2. The topological polar surface area (TPSA) is 57.7 Å². The van der Waals surface area contributed by atoms with Gasteiger partial charge in [0.15, 0.2) is 4.91 Å². The number of hydrogen-bond donors (Lipinski definition) is 0. The van der Waals surface area contributed by atoms with Crippen molar-refractivity contribution in [2.75, 3.05) is 18.0 Å². The standard InChI is InChI=1S/C22H24N2O3S/c1-16-10-12-23(13-11-16)22(25)21-15-24(18-7-5-6-17(2)14-18)19-8-3-4-9-20(19)28(21,26)27/h3-9,14-16H,10-13H2,1-2H3. The van der Waals surface area contributed by atoms with Gasteiger partial charge in [-0.2, -0.15) is 0 Å². The summed E-state index contributed by atoms with van der Waals surface area (Å²) >= 11 is 0. The molecule has 2 aromatic carbocycles. The molecule has 0 spiro atoms. The number of hydrogen-bond acceptors (Lipinski definition) is 4. The Morgan fingerprint density at radius 2 is 1.75 bits per heavy atom. The number of carbonyl (C=O) groups excluding carboxylic acids is 1. The fraction of sp³-hybridized carbons (Fsp3) is 0.318. The SMILES string of the molecule is Cc1cccc(N2C=C(C(=O)N3CCC(C)CC3)S(=O)(=O)c3ccccc32)c1. The summed E-state index contributed by atoms with van der Waals surface area (Å²) in [6, 6.07) is 14.7. The van der Waals surface area contributed by atoms with Crippen molar-refractivity contribution in [2.45, 2.75) is 31.6 Å². The van der Waals surface area contributed by atoms with E-state index < -0.39 is 15.7 Å². The van der Waals surface area contributed by atoms with E-state index in [1.807, 2.05) is 42.2 Å². The molecule has 6 heteroatoms. The van der Waals surface area contributed by atoms with E-state index >= 15 is 0 Å². The van der Waals surface area contributed by atoms with E-state index in [1.165, 1.54) is 6.20 Å². The summed E-state index contributed by atoms with van der Waals surface area (Å²) < 4.78 is 26.5. The molecule has 0 atom stereocenters. The number of likely N-dealkylation sites (tertiary alicyclic amines) is 1. The number of fused-ring (bicyclic) bond motifs is 1. The van der Waals surface area contributed by atoms with Gasteiger partial charge in [-0.3, -0.25) is 4.79 Å². The van der Waals surface area contributed by atoms with Crippen LogP contribution < -0.4 is 4.90 Å². The van der Waals surface area contributed by atoms with Gasteiger partial charge in [0.1, 0.15) is 0 Å². The second kappa shape index (κ2) is 7.09. The molecule has 0 radical (unpaired) electrons. The molecule has 1 amide bonds. The summed E-state index contributed by atoms with van der Waals surface area (Å²) in [5.41, 5.74) is 2.46. The van der Waals surface area contributed by atoms with Crippen molar-refractivity contribution < 1.29 is 13.2 Å². The summed E-state index contributed by atoms with van der Waals surface area (Å²) in [6.07, 6.45) is 3.29. The zero-order chi connectivity index (χ0) is 19.9. The van der Waals surface area contributed by atoms with Gasteiger partial charge in [-0.25, -0.2) is 8.42 Å². The van der Waals surface area contributed by atoms with Gasteiger partial charge in [0.2, 0.25) is 9.84 Å². The van der Waals surface area contributed by atoms with E-state index in [9.17, 15) is 13.2 Å². The fourth-order valence-electron chi connectivity index (χ4n) is 3.79. The number of aryl methyl sites for hydroxylation is 1. The summed E-state index contributed by atoms with van der Waals surface area (Å²) in [5, 5.41) is 0. The van der Waals surface area contributed by atoms with Crippen LogP contribution in [0.15, 0.2) is 64.5 Å². The van der Waals surface area contributed by atoms with Gasteiger partial charge in [-0.05, 0) is 55.5 Å². The average Bonchev–Trinajstić information content (AvgIpc) is 2.68. The minimum Gasteiger partial charge on any atom is -0.338 e. The number of piperidine rings is 1. The molecule has 1 fully saturated rings. The van der Waals surface area contributed by atoms with Crippen LogP contribution in [-0.2, 0) is 14.6 Å². The second-order valence-electron chi connectivity index (χ2n) is 7.65. The normalized spacial score (nSPS) is 19.1. The number of amides is 1. The van der Waals surface area contributed by atoms with Crippen LogP contribution >= 0.6 is 0 Å². The zero-order valence-corrected chi connectivity index (χ0v) is 16.9. The lowest BCUT2D eigenvalue weighted by molar-refractivity contribution is -0.127. The van der Waals surface area contributed by atoms with Gasteiger partial charge < -0.3 is 9.80 Å². The van der Waals surface area contributed by atoms with Gasteiger partial charge in [-0.1, -0.05) is 31.2 Å². The van der Waals surface area contributed by atoms with E-state index in [4.69, 9.17) is 0 Å². The van der Waals surface area contributed by atoms with Gasteiger partial charge in [0.25, 0.3) is 5.91 Å². The molecule has 2 aliphatic rings. The van der Waals surface area contributed by atoms with Crippen LogP contribution in [-0.4, -0.2) is 32.3 Å². The number of nitrogens with zero attached hydrogens (tertiary/aromatic N) is 2. The summed E-state index contributed by atoms with van der Waals surface area (Å²) in [7, 11) is -3.87. The molecule has 2 aliphatic heterocycles. The third-order valence-electron chi connectivity index (χ3n) is 5.51. The first-order chi connectivity index (χ1) is 13.4. The molecule has 0 saturated carbocycles. The number of sulfone groups is 1. The van der Waals surface area contributed by atoms with E-state index in [1.54, 1.807) is 23.1 Å². The first-order valence-corrected chi connectivity index (χ1v) is 11.1. The molecule has 0 aliphatic carbocycles. The average molecular weight is 397 g/mol. The lowest BCUT2D eigenvalue weighted by atomic mass is 9.99. The van der Waals surface area contributed by atoms with Crippen molar-refractivity contribution in [1.82, 2.24) is 4.90 Å². The van der Waals surface area contributed by atoms with Crippen LogP contribution in [0.5, 0.6) is 0 Å². The van der Waals surface area contributed by atoms with Crippen LogP contribution in [0.4, 0.5) is 11.4 Å². The predicted molar refractivity (Wildman–Crippen MR) is 110 cm³/mol. The molecular formula is C22H24N2O3S. The van der Waals surface area contributed by atoms with E-state index in [0.717, 1.165) is 24.1 Å². The number of carbonyl (C=O) groups is 1. The highest BCUT2D eigenvalue weighted by Gasteiger charge is 2.38. The Morgan fingerprint density at radius 1 is 1.04 bits per heavy atom. The van der Waals surface area contributed by atoms with Crippen molar-refractivity contribution in [3.05, 3.63) is 65.2 Å². The van der Waals surface area contributed by atoms with E-state index in [2.05, 4.69) is 6.92 Å². The maximum atomic E-state index is 13.3. The Balaban J connectivity index is 1.82.